The molecule has 0 saturated heterocycles. The molecule has 0 saturated carbocycles. The van der Waals surface area contributed by atoms with Crippen molar-refractivity contribution in [1.29, 1.82) is 0 Å². The van der Waals surface area contributed by atoms with E-state index in [2.05, 4.69) is 5.32 Å². The Balaban J connectivity index is 2.52. The second-order valence-electron chi connectivity index (χ2n) is 4.36. The topological polar surface area (TPSA) is 49.4 Å². The molecule has 1 N–H and O–H groups in total. The highest BCUT2D eigenvalue weighted by Crippen LogP contribution is 2.27. The molecule has 0 spiro atoms. The molecule has 2 rings (SSSR count). The number of hydrogen-bond donors (Lipinski definition) is 1. The van der Waals surface area contributed by atoms with Crippen LogP contribution in [0, 0.1) is 0 Å². The Hall–Kier alpha value is -1.81. The van der Waals surface area contributed by atoms with Gasteiger partial charge < -0.3 is 10.2 Å². The van der Waals surface area contributed by atoms with Gasteiger partial charge in [-0.25, -0.2) is 0 Å². The van der Waals surface area contributed by atoms with Crippen molar-refractivity contribution >= 4 is 29.0 Å². The quantitative estimate of drug-likeness (QED) is 0.792. The van der Waals surface area contributed by atoms with Crippen LogP contribution in [0.1, 0.15) is 16.8 Å². The van der Waals surface area contributed by atoms with Gasteiger partial charge in [-0.05, 0) is 18.2 Å². The zero-order chi connectivity index (χ0) is 13.3. The van der Waals surface area contributed by atoms with Crippen LogP contribution < -0.4 is 5.32 Å². The van der Waals surface area contributed by atoms with Crippen LogP contribution in [-0.4, -0.2) is 30.7 Å². The van der Waals surface area contributed by atoms with Crippen LogP contribution in [0.4, 0.5) is 5.69 Å². The van der Waals surface area contributed by atoms with Crippen molar-refractivity contribution in [2.75, 3.05) is 19.4 Å². The Kier molecular flexibility index (Phi) is 3.39. The molecule has 0 fully saturated rings. The van der Waals surface area contributed by atoms with E-state index in [0.717, 1.165) is 0 Å². The summed E-state index contributed by atoms with van der Waals surface area (Å²) in [5.41, 5.74) is 1.41. The van der Waals surface area contributed by atoms with E-state index in [1.165, 1.54) is 0 Å². The van der Waals surface area contributed by atoms with Crippen LogP contribution in [0.3, 0.4) is 0 Å². The van der Waals surface area contributed by atoms with Crippen LogP contribution >= 0.6 is 11.6 Å². The lowest BCUT2D eigenvalue weighted by Gasteiger charge is -2.08. The first-order valence-electron chi connectivity index (χ1n) is 5.48. The Labute approximate surface area is 110 Å². The average Bonchev–Trinajstić information content (AvgIpc) is 2.36. The molecule has 0 atom stereocenters. The first-order chi connectivity index (χ1) is 8.47. The lowest BCUT2D eigenvalue weighted by molar-refractivity contribution is -0.115. The molecule has 0 radical (unpaired) electrons. The van der Waals surface area contributed by atoms with Crippen LogP contribution in [0.2, 0.25) is 5.02 Å². The first-order valence-corrected chi connectivity index (χ1v) is 5.86. The largest absolute Gasteiger partial charge is 0.383 e. The smallest absolute Gasteiger partial charge is 0.229 e. The first kappa shape index (κ1) is 12.6. The number of halogens is 1. The molecule has 1 heterocycles. The van der Waals surface area contributed by atoms with Crippen molar-refractivity contribution < 1.29 is 9.59 Å². The zero-order valence-electron chi connectivity index (χ0n) is 10.2. The molecule has 0 bridgehead atoms. The molecule has 4 nitrogen and oxygen atoms in total. The predicted molar refractivity (Wildman–Crippen MR) is 70.8 cm³/mol. The predicted octanol–water partition coefficient (Wildman–Crippen LogP) is 2.31. The third-order valence-corrected chi connectivity index (χ3v) is 2.79. The summed E-state index contributed by atoms with van der Waals surface area (Å²) in [5, 5.41) is 3.18. The number of benzene rings is 1. The van der Waals surface area contributed by atoms with Crippen molar-refractivity contribution in [1.82, 2.24) is 4.90 Å². The maximum absolute atomic E-state index is 12.3. The van der Waals surface area contributed by atoms with Gasteiger partial charge in [0.2, 0.25) is 5.91 Å². The summed E-state index contributed by atoms with van der Waals surface area (Å²) in [7, 11) is 3.62. The van der Waals surface area contributed by atoms with E-state index < -0.39 is 0 Å². The van der Waals surface area contributed by atoms with Gasteiger partial charge in [0, 0.05) is 36.5 Å². The average molecular weight is 265 g/mol. The number of rotatable bonds is 1. The van der Waals surface area contributed by atoms with Crippen LogP contribution in [0.5, 0.6) is 0 Å². The minimum Gasteiger partial charge on any atom is -0.383 e. The Morgan fingerprint density at radius 3 is 2.72 bits per heavy atom. The molecule has 5 heteroatoms. The van der Waals surface area contributed by atoms with Gasteiger partial charge in [0.15, 0.2) is 5.78 Å². The summed E-state index contributed by atoms with van der Waals surface area (Å²) in [5.74, 6) is -0.355. The number of Topliss-reactive ketones (excluding diaryl/α,β-unsaturated/α-hetero) is 1. The van der Waals surface area contributed by atoms with E-state index in [-0.39, 0.29) is 18.1 Å². The van der Waals surface area contributed by atoms with Gasteiger partial charge in [0.1, 0.15) is 0 Å². The number of anilines is 1. The summed E-state index contributed by atoms with van der Waals surface area (Å²) in [6.45, 7) is 0. The number of carbonyl (C=O) groups excluding carboxylic acids is 2. The van der Waals surface area contributed by atoms with Gasteiger partial charge in [0.25, 0.3) is 0 Å². The fourth-order valence-corrected chi connectivity index (χ4v) is 2.03. The number of amides is 1. The molecule has 94 valence electrons. The molecule has 1 aliphatic heterocycles. The fraction of sp³-hybridized carbons (Fsp3) is 0.231. The molecule has 1 aliphatic rings. The third-order valence-electron chi connectivity index (χ3n) is 2.56. The molecule has 1 aromatic carbocycles. The minimum absolute atomic E-state index is 0.0727. The number of ketones is 1. The lowest BCUT2D eigenvalue weighted by atomic mass is 10.0. The number of nitrogens with one attached hydrogen (secondary N) is 1. The highest BCUT2D eigenvalue weighted by molar-refractivity contribution is 6.31. The summed E-state index contributed by atoms with van der Waals surface area (Å²) < 4.78 is 0. The van der Waals surface area contributed by atoms with Gasteiger partial charge in [0.05, 0.1) is 12.1 Å². The lowest BCUT2D eigenvalue weighted by Crippen LogP contribution is -2.12. The van der Waals surface area contributed by atoms with Gasteiger partial charge in [-0.15, -0.1) is 0 Å². The van der Waals surface area contributed by atoms with Gasteiger partial charge in [-0.1, -0.05) is 11.6 Å². The summed E-state index contributed by atoms with van der Waals surface area (Å²) in [6, 6.07) is 4.86. The maximum atomic E-state index is 12.3. The minimum atomic E-state index is -0.211. The number of carbonyl (C=O) groups is 2. The van der Waals surface area contributed by atoms with Crippen LogP contribution in [0.15, 0.2) is 30.0 Å². The Bertz CT molecular complexity index is 550. The van der Waals surface area contributed by atoms with E-state index in [1.807, 2.05) is 14.1 Å². The van der Waals surface area contributed by atoms with Crippen molar-refractivity contribution in [3.05, 3.63) is 40.6 Å². The Morgan fingerprint density at radius 1 is 1.33 bits per heavy atom. The SMILES string of the molecule is CN(C)C=C1CC(=O)Nc2cc(Cl)ccc2C1=O. The van der Waals surface area contributed by atoms with Gasteiger partial charge >= 0.3 is 0 Å². The van der Waals surface area contributed by atoms with E-state index in [0.29, 0.717) is 21.8 Å². The number of hydrogen-bond acceptors (Lipinski definition) is 3. The second-order valence-corrected chi connectivity index (χ2v) is 4.80. The van der Waals surface area contributed by atoms with Crippen LogP contribution in [0.25, 0.3) is 0 Å². The molecular weight excluding hydrogens is 252 g/mol. The molecule has 1 aromatic rings. The van der Waals surface area contributed by atoms with E-state index >= 15 is 0 Å². The summed E-state index contributed by atoms with van der Waals surface area (Å²) in [4.78, 5) is 25.8. The van der Waals surface area contributed by atoms with Crippen molar-refractivity contribution in [3.8, 4) is 0 Å². The monoisotopic (exact) mass is 264 g/mol. The van der Waals surface area contributed by atoms with Gasteiger partial charge in [-0.3, -0.25) is 9.59 Å². The molecular formula is C13H13ClN2O2. The molecule has 18 heavy (non-hydrogen) atoms. The van der Waals surface area contributed by atoms with E-state index in [4.69, 9.17) is 11.6 Å². The molecule has 1 amide bonds. The van der Waals surface area contributed by atoms with Crippen molar-refractivity contribution in [3.63, 3.8) is 0 Å². The highest BCUT2D eigenvalue weighted by atomic mass is 35.5. The maximum Gasteiger partial charge on any atom is 0.229 e. The molecule has 0 aromatic heterocycles. The summed E-state index contributed by atoms with van der Waals surface area (Å²) in [6.07, 6.45) is 1.74. The normalized spacial score (nSPS) is 17.2. The fourth-order valence-electron chi connectivity index (χ4n) is 1.85. The Morgan fingerprint density at radius 2 is 2.06 bits per heavy atom. The molecule has 0 aliphatic carbocycles. The third kappa shape index (κ3) is 2.54. The summed E-state index contributed by atoms with van der Waals surface area (Å²) >= 11 is 5.86. The zero-order valence-corrected chi connectivity index (χ0v) is 10.9. The highest BCUT2D eigenvalue weighted by Gasteiger charge is 2.24. The number of nitrogens with zero attached hydrogens (tertiary/aromatic N) is 1. The van der Waals surface area contributed by atoms with E-state index in [9.17, 15) is 9.59 Å². The molecule has 0 unspecified atom stereocenters. The van der Waals surface area contributed by atoms with E-state index in [1.54, 1.807) is 29.3 Å². The second kappa shape index (κ2) is 4.82. The van der Waals surface area contributed by atoms with Crippen molar-refractivity contribution in [2.45, 2.75) is 6.42 Å². The van der Waals surface area contributed by atoms with Gasteiger partial charge in [-0.2, -0.15) is 0 Å². The standard InChI is InChI=1S/C13H13ClN2O2/c1-16(2)7-8-5-12(17)15-11-6-9(14)3-4-10(11)13(8)18/h3-4,6-7H,5H2,1-2H3,(H,15,17). The van der Waals surface area contributed by atoms with Crippen LogP contribution in [-0.2, 0) is 4.79 Å². The number of fused-ring (bicyclic) bond motifs is 1. The van der Waals surface area contributed by atoms with Crippen molar-refractivity contribution in [2.24, 2.45) is 0 Å².